The molecule has 1 aromatic rings. The molecule has 1 rings (SSSR count). The summed E-state index contributed by atoms with van der Waals surface area (Å²) in [6.07, 6.45) is 0. The number of nitrogens with zero attached hydrogens (tertiary/aromatic N) is 1. The van der Waals surface area contributed by atoms with Crippen LogP contribution in [0, 0.1) is 5.82 Å². The second-order valence-corrected chi connectivity index (χ2v) is 4.96. The van der Waals surface area contributed by atoms with Crippen LogP contribution in [0.4, 0.5) is 4.39 Å². The van der Waals surface area contributed by atoms with Crippen molar-refractivity contribution in [3.05, 3.63) is 34.6 Å². The molecule has 5 heteroatoms. The van der Waals surface area contributed by atoms with Crippen molar-refractivity contribution in [1.29, 1.82) is 0 Å². The zero-order valence-electron chi connectivity index (χ0n) is 9.92. The van der Waals surface area contributed by atoms with Gasteiger partial charge in [-0.2, -0.15) is 0 Å². The third kappa shape index (κ3) is 4.80. The van der Waals surface area contributed by atoms with Crippen LogP contribution in [0.2, 0.25) is 5.02 Å². The van der Waals surface area contributed by atoms with Crippen molar-refractivity contribution in [2.75, 3.05) is 27.3 Å². The van der Waals surface area contributed by atoms with Crippen molar-refractivity contribution in [2.24, 2.45) is 0 Å². The van der Waals surface area contributed by atoms with E-state index in [-0.39, 0.29) is 10.4 Å². The van der Waals surface area contributed by atoms with Crippen molar-refractivity contribution >= 4 is 23.2 Å². The number of hydrogen-bond donors (Lipinski definition) is 0. The van der Waals surface area contributed by atoms with Crippen molar-refractivity contribution in [3.63, 3.8) is 0 Å². The molecule has 0 aromatic heterocycles. The Labute approximate surface area is 111 Å². The van der Waals surface area contributed by atoms with Gasteiger partial charge in [0.15, 0.2) is 0 Å². The fraction of sp³-hybridized carbons (Fsp3) is 0.500. The molecule has 17 heavy (non-hydrogen) atoms. The van der Waals surface area contributed by atoms with E-state index in [1.165, 1.54) is 6.07 Å². The van der Waals surface area contributed by atoms with Crippen LogP contribution in [-0.2, 0) is 11.3 Å². The molecule has 0 N–H and O–H groups in total. The minimum absolute atomic E-state index is 0.0858. The van der Waals surface area contributed by atoms with Gasteiger partial charge >= 0.3 is 0 Å². The van der Waals surface area contributed by atoms with Gasteiger partial charge in [0.05, 0.1) is 17.0 Å². The van der Waals surface area contributed by atoms with Crippen molar-refractivity contribution in [1.82, 2.24) is 4.90 Å². The van der Waals surface area contributed by atoms with Crippen LogP contribution >= 0.6 is 23.2 Å². The maximum absolute atomic E-state index is 13.2. The van der Waals surface area contributed by atoms with E-state index in [0.29, 0.717) is 19.7 Å². The zero-order valence-corrected chi connectivity index (χ0v) is 11.4. The van der Waals surface area contributed by atoms with Gasteiger partial charge in [-0.3, -0.25) is 0 Å². The number of ether oxygens (including phenoxy) is 1. The molecular formula is C12H16Cl2FNO. The van der Waals surface area contributed by atoms with Gasteiger partial charge in [0.2, 0.25) is 0 Å². The predicted molar refractivity (Wildman–Crippen MR) is 69.3 cm³/mol. The Hall–Kier alpha value is -0.350. The molecule has 0 aliphatic heterocycles. The van der Waals surface area contributed by atoms with Crippen LogP contribution in [0.25, 0.3) is 0 Å². The first-order valence-corrected chi connectivity index (χ1v) is 6.10. The molecule has 0 radical (unpaired) electrons. The van der Waals surface area contributed by atoms with Gasteiger partial charge in [0, 0.05) is 20.2 Å². The zero-order chi connectivity index (χ0) is 12.8. The van der Waals surface area contributed by atoms with Gasteiger partial charge in [-0.25, -0.2) is 4.39 Å². The largest absolute Gasteiger partial charge is 0.383 e. The van der Waals surface area contributed by atoms with Gasteiger partial charge in [-0.15, -0.1) is 11.6 Å². The smallest absolute Gasteiger partial charge is 0.142 e. The van der Waals surface area contributed by atoms with E-state index in [1.54, 1.807) is 13.2 Å². The average Bonchev–Trinajstić information content (AvgIpc) is 2.25. The van der Waals surface area contributed by atoms with Gasteiger partial charge in [-0.1, -0.05) is 23.7 Å². The molecular weight excluding hydrogens is 264 g/mol. The minimum atomic E-state index is -0.392. The molecule has 0 bridgehead atoms. The van der Waals surface area contributed by atoms with E-state index < -0.39 is 5.82 Å². The number of rotatable bonds is 6. The first kappa shape index (κ1) is 14.7. The Balaban J connectivity index is 2.56. The summed E-state index contributed by atoms with van der Waals surface area (Å²) in [5.74, 6) is -0.392. The molecule has 0 heterocycles. The van der Waals surface area contributed by atoms with Gasteiger partial charge in [0.1, 0.15) is 5.82 Å². The lowest BCUT2D eigenvalue weighted by Crippen LogP contribution is -2.28. The fourth-order valence-electron chi connectivity index (χ4n) is 1.60. The summed E-state index contributed by atoms with van der Waals surface area (Å²) in [7, 11) is 3.52. The third-order valence-electron chi connectivity index (χ3n) is 2.33. The minimum Gasteiger partial charge on any atom is -0.383 e. The van der Waals surface area contributed by atoms with Gasteiger partial charge in [-0.05, 0) is 18.7 Å². The molecule has 1 aromatic carbocycles. The second kappa shape index (κ2) is 7.17. The highest BCUT2D eigenvalue weighted by Crippen LogP contribution is 2.20. The molecule has 0 fully saturated rings. The van der Waals surface area contributed by atoms with Crippen molar-refractivity contribution in [2.45, 2.75) is 11.9 Å². The third-order valence-corrected chi connectivity index (χ3v) is 3.02. The number of alkyl halides is 1. The first-order chi connectivity index (χ1) is 8.04. The lowest BCUT2D eigenvalue weighted by Gasteiger charge is -2.20. The summed E-state index contributed by atoms with van der Waals surface area (Å²) in [4.78, 5) is 1.98. The highest BCUT2D eigenvalue weighted by atomic mass is 35.5. The van der Waals surface area contributed by atoms with Crippen LogP contribution in [0.1, 0.15) is 5.56 Å². The maximum atomic E-state index is 13.2. The molecule has 0 aliphatic carbocycles. The van der Waals surface area contributed by atoms with Crippen LogP contribution in [0.5, 0.6) is 0 Å². The van der Waals surface area contributed by atoms with E-state index in [1.807, 2.05) is 18.0 Å². The van der Waals surface area contributed by atoms with Crippen LogP contribution in [0.15, 0.2) is 18.2 Å². The number of methoxy groups -OCH3 is 1. The molecule has 0 amide bonds. The summed E-state index contributed by atoms with van der Waals surface area (Å²) in [6, 6.07) is 4.81. The Bertz CT molecular complexity index is 362. The van der Waals surface area contributed by atoms with E-state index in [9.17, 15) is 4.39 Å². The monoisotopic (exact) mass is 279 g/mol. The average molecular weight is 280 g/mol. The summed E-state index contributed by atoms with van der Waals surface area (Å²) in [5, 5.41) is 0.0922. The highest BCUT2D eigenvalue weighted by molar-refractivity contribution is 6.31. The molecule has 96 valence electrons. The van der Waals surface area contributed by atoms with Crippen LogP contribution < -0.4 is 0 Å². The van der Waals surface area contributed by atoms with Crippen molar-refractivity contribution in [3.8, 4) is 0 Å². The Morgan fingerprint density at radius 3 is 2.82 bits per heavy atom. The van der Waals surface area contributed by atoms with E-state index in [2.05, 4.69) is 0 Å². The Morgan fingerprint density at radius 2 is 2.18 bits per heavy atom. The standard InChI is InChI=1S/C12H16Cl2FNO/c1-16(7-10(13)8-17-2)6-9-4-3-5-11(15)12(9)14/h3-5,10H,6-8H2,1-2H3. The highest BCUT2D eigenvalue weighted by Gasteiger charge is 2.11. The van der Waals surface area contributed by atoms with Crippen LogP contribution in [-0.4, -0.2) is 37.6 Å². The van der Waals surface area contributed by atoms with E-state index in [4.69, 9.17) is 27.9 Å². The summed E-state index contributed by atoms with van der Waals surface area (Å²) in [5.41, 5.74) is 0.760. The topological polar surface area (TPSA) is 12.5 Å². The normalized spacial score (nSPS) is 13.1. The molecule has 1 atom stereocenters. The number of hydrogen-bond acceptors (Lipinski definition) is 2. The van der Waals surface area contributed by atoms with E-state index in [0.717, 1.165) is 5.56 Å². The van der Waals surface area contributed by atoms with Gasteiger partial charge < -0.3 is 9.64 Å². The Morgan fingerprint density at radius 1 is 1.47 bits per heavy atom. The molecule has 0 saturated heterocycles. The van der Waals surface area contributed by atoms with Gasteiger partial charge in [0.25, 0.3) is 0 Å². The number of benzene rings is 1. The lowest BCUT2D eigenvalue weighted by atomic mass is 10.2. The van der Waals surface area contributed by atoms with Crippen molar-refractivity contribution < 1.29 is 9.13 Å². The summed E-state index contributed by atoms with van der Waals surface area (Å²) in [6.45, 7) is 1.70. The van der Waals surface area contributed by atoms with Crippen LogP contribution in [0.3, 0.4) is 0 Å². The molecule has 0 aliphatic rings. The quantitative estimate of drug-likeness (QED) is 0.742. The SMILES string of the molecule is COCC(Cl)CN(C)Cc1cccc(F)c1Cl. The Kier molecular flexibility index (Phi) is 6.20. The first-order valence-electron chi connectivity index (χ1n) is 5.29. The molecule has 0 saturated carbocycles. The number of halogens is 3. The maximum Gasteiger partial charge on any atom is 0.142 e. The fourth-order valence-corrected chi connectivity index (χ4v) is 2.14. The van der Waals surface area contributed by atoms with E-state index >= 15 is 0 Å². The summed E-state index contributed by atoms with van der Waals surface area (Å²) >= 11 is 11.9. The lowest BCUT2D eigenvalue weighted by molar-refractivity contribution is 0.181. The second-order valence-electron chi connectivity index (χ2n) is 3.96. The molecule has 0 spiro atoms. The predicted octanol–water partition coefficient (Wildman–Crippen LogP) is 3.16. The molecule has 1 unspecified atom stereocenters. The molecule has 2 nitrogen and oxygen atoms in total. The summed E-state index contributed by atoms with van der Waals surface area (Å²) < 4.78 is 18.2.